The summed E-state index contributed by atoms with van der Waals surface area (Å²) in [6.45, 7) is 12.3. The van der Waals surface area contributed by atoms with E-state index < -0.39 is 9.84 Å². The number of sulfone groups is 1. The molecular weight excluding hydrogens is 308 g/mol. The number of aromatic hydroxyl groups is 1. The van der Waals surface area contributed by atoms with Gasteiger partial charge in [-0.05, 0) is 47.4 Å². The van der Waals surface area contributed by atoms with E-state index in [4.69, 9.17) is 0 Å². The average Bonchev–Trinajstić information content (AvgIpc) is 2.68. The Kier molecular flexibility index (Phi) is 4.44. The third kappa shape index (κ3) is 3.79. The number of rotatable bonds is 1. The summed E-state index contributed by atoms with van der Waals surface area (Å²) in [4.78, 5) is 0.517. The van der Waals surface area contributed by atoms with Crippen molar-refractivity contribution in [2.24, 2.45) is 0 Å². The third-order valence-corrected chi connectivity index (χ3v) is 6.26. The van der Waals surface area contributed by atoms with Gasteiger partial charge in [0.25, 0.3) is 0 Å². The zero-order chi connectivity index (χ0) is 17.6. The Bertz CT molecular complexity index is 707. The van der Waals surface area contributed by atoms with Crippen LogP contribution < -0.4 is 0 Å². The molecule has 0 saturated carbocycles. The van der Waals surface area contributed by atoms with Gasteiger partial charge >= 0.3 is 0 Å². The van der Waals surface area contributed by atoms with Crippen molar-refractivity contribution >= 4 is 15.9 Å². The summed E-state index contributed by atoms with van der Waals surface area (Å²) in [5.74, 6) is 0.566. The average molecular weight is 336 g/mol. The molecule has 128 valence electrons. The van der Waals surface area contributed by atoms with E-state index in [2.05, 4.69) is 41.5 Å². The third-order valence-electron chi connectivity index (χ3n) is 4.31. The lowest BCUT2D eigenvalue weighted by atomic mass is 9.78. The molecule has 4 heteroatoms. The Balaban J connectivity index is 2.69. The Morgan fingerprint density at radius 1 is 1.00 bits per heavy atom. The van der Waals surface area contributed by atoms with Gasteiger partial charge in [0.05, 0.1) is 5.75 Å². The first kappa shape index (κ1) is 18.1. The highest BCUT2D eigenvalue weighted by Crippen LogP contribution is 2.40. The number of phenols is 1. The maximum Gasteiger partial charge on any atom is 0.174 e. The molecule has 1 heterocycles. The second kappa shape index (κ2) is 5.66. The van der Waals surface area contributed by atoms with Gasteiger partial charge in [0.15, 0.2) is 9.84 Å². The first-order valence-electron chi connectivity index (χ1n) is 8.14. The van der Waals surface area contributed by atoms with E-state index in [0.717, 1.165) is 16.7 Å². The van der Waals surface area contributed by atoms with E-state index in [1.54, 1.807) is 6.08 Å². The number of phenolic OH excluding ortho intramolecular Hbond substituents is 1. The molecule has 1 aromatic rings. The summed E-state index contributed by atoms with van der Waals surface area (Å²) in [5, 5.41) is 10.7. The van der Waals surface area contributed by atoms with Crippen LogP contribution in [0.5, 0.6) is 5.75 Å². The van der Waals surface area contributed by atoms with Crippen molar-refractivity contribution in [3.63, 3.8) is 0 Å². The van der Waals surface area contributed by atoms with Crippen LogP contribution in [0.25, 0.3) is 6.08 Å². The maximum absolute atomic E-state index is 12.1. The van der Waals surface area contributed by atoms with Gasteiger partial charge in [0.2, 0.25) is 0 Å². The summed E-state index contributed by atoms with van der Waals surface area (Å²) >= 11 is 0. The van der Waals surface area contributed by atoms with Crippen LogP contribution in [0.2, 0.25) is 0 Å². The van der Waals surface area contributed by atoms with Gasteiger partial charge in [-0.1, -0.05) is 41.5 Å². The molecule has 1 fully saturated rings. The zero-order valence-corrected chi connectivity index (χ0v) is 15.8. The van der Waals surface area contributed by atoms with E-state index in [0.29, 0.717) is 23.5 Å². The molecule has 3 nitrogen and oxygen atoms in total. The standard InChI is InChI=1S/C19H28O3S/c1-18(2,3)15-11-13(10-14-8-7-9-23(14,21)22)12-16(17(15)20)19(4,5)6/h10-12,20H,7-9H2,1-6H3/b14-10+. The smallest absolute Gasteiger partial charge is 0.174 e. The van der Waals surface area contributed by atoms with E-state index in [1.807, 2.05) is 12.1 Å². The molecule has 1 aromatic carbocycles. The van der Waals surface area contributed by atoms with Crippen molar-refractivity contribution < 1.29 is 13.5 Å². The molecule has 0 radical (unpaired) electrons. The molecule has 0 amide bonds. The highest BCUT2D eigenvalue weighted by molar-refractivity contribution is 7.95. The lowest BCUT2D eigenvalue weighted by molar-refractivity contribution is 0.423. The van der Waals surface area contributed by atoms with Crippen molar-refractivity contribution in [2.45, 2.75) is 65.2 Å². The van der Waals surface area contributed by atoms with Crippen molar-refractivity contribution in [1.82, 2.24) is 0 Å². The van der Waals surface area contributed by atoms with Crippen LogP contribution in [0.1, 0.15) is 71.1 Å². The van der Waals surface area contributed by atoms with Gasteiger partial charge < -0.3 is 5.11 Å². The van der Waals surface area contributed by atoms with E-state index >= 15 is 0 Å². The molecule has 1 N–H and O–H groups in total. The summed E-state index contributed by atoms with van der Waals surface area (Å²) < 4.78 is 24.2. The normalized spacial score (nSPS) is 20.2. The predicted octanol–water partition coefficient (Wildman–Crippen LogP) is 4.54. The van der Waals surface area contributed by atoms with Gasteiger partial charge in [-0.25, -0.2) is 8.42 Å². The van der Waals surface area contributed by atoms with Gasteiger partial charge in [-0.2, -0.15) is 0 Å². The van der Waals surface area contributed by atoms with Gasteiger partial charge in [-0.15, -0.1) is 0 Å². The highest BCUT2D eigenvalue weighted by Gasteiger charge is 2.28. The fraction of sp³-hybridized carbons (Fsp3) is 0.579. The van der Waals surface area contributed by atoms with Crippen LogP contribution in [0, 0.1) is 0 Å². The maximum atomic E-state index is 12.1. The molecular formula is C19H28O3S. The quantitative estimate of drug-likeness (QED) is 0.819. The number of benzene rings is 1. The Hall–Kier alpha value is -1.29. The summed E-state index contributed by atoms with van der Waals surface area (Å²) in [6, 6.07) is 3.84. The van der Waals surface area contributed by atoms with Crippen molar-refractivity contribution in [1.29, 1.82) is 0 Å². The van der Waals surface area contributed by atoms with Crippen LogP contribution in [-0.4, -0.2) is 19.3 Å². The molecule has 1 aliphatic rings. The van der Waals surface area contributed by atoms with E-state index in [9.17, 15) is 13.5 Å². The topological polar surface area (TPSA) is 54.4 Å². The first-order valence-corrected chi connectivity index (χ1v) is 9.79. The number of hydrogen-bond acceptors (Lipinski definition) is 3. The molecule has 2 rings (SSSR count). The Labute approximate surface area is 140 Å². The second-order valence-electron chi connectivity index (χ2n) is 8.50. The molecule has 1 saturated heterocycles. The molecule has 0 spiro atoms. The van der Waals surface area contributed by atoms with Crippen LogP contribution in [0.4, 0.5) is 0 Å². The zero-order valence-electron chi connectivity index (χ0n) is 15.0. The summed E-state index contributed by atoms with van der Waals surface area (Å²) in [6.07, 6.45) is 3.09. The highest BCUT2D eigenvalue weighted by atomic mass is 32.2. The predicted molar refractivity (Wildman–Crippen MR) is 96.5 cm³/mol. The van der Waals surface area contributed by atoms with Gasteiger partial charge in [0, 0.05) is 16.0 Å². The van der Waals surface area contributed by atoms with Gasteiger partial charge in [0.1, 0.15) is 5.75 Å². The number of allylic oxidation sites excluding steroid dienone is 1. The van der Waals surface area contributed by atoms with E-state index in [-0.39, 0.29) is 16.6 Å². The Morgan fingerprint density at radius 3 is 1.83 bits per heavy atom. The van der Waals surface area contributed by atoms with Gasteiger partial charge in [-0.3, -0.25) is 0 Å². The molecule has 0 aliphatic carbocycles. The van der Waals surface area contributed by atoms with Crippen molar-refractivity contribution in [2.75, 3.05) is 5.75 Å². The second-order valence-corrected chi connectivity index (χ2v) is 10.7. The largest absolute Gasteiger partial charge is 0.507 e. The molecule has 0 aromatic heterocycles. The van der Waals surface area contributed by atoms with Crippen LogP contribution in [-0.2, 0) is 20.7 Å². The monoisotopic (exact) mass is 336 g/mol. The molecule has 0 unspecified atom stereocenters. The van der Waals surface area contributed by atoms with E-state index in [1.165, 1.54) is 0 Å². The minimum atomic E-state index is -3.09. The first-order chi connectivity index (χ1) is 10.3. The number of hydrogen-bond donors (Lipinski definition) is 1. The van der Waals surface area contributed by atoms with Crippen LogP contribution >= 0.6 is 0 Å². The minimum Gasteiger partial charge on any atom is -0.507 e. The fourth-order valence-corrected chi connectivity index (χ4v) is 4.51. The molecule has 0 bridgehead atoms. The summed E-state index contributed by atoms with van der Waals surface area (Å²) in [5.41, 5.74) is 2.14. The molecule has 23 heavy (non-hydrogen) atoms. The summed E-state index contributed by atoms with van der Waals surface area (Å²) in [7, 11) is -3.09. The SMILES string of the molecule is CC(C)(C)c1cc(/C=C2\CCCS2(=O)=O)cc(C(C)(C)C)c1O. The lowest BCUT2D eigenvalue weighted by Gasteiger charge is -2.28. The van der Waals surface area contributed by atoms with Crippen LogP contribution in [0.15, 0.2) is 17.0 Å². The Morgan fingerprint density at radius 2 is 1.48 bits per heavy atom. The molecule has 1 aliphatic heterocycles. The lowest BCUT2D eigenvalue weighted by Crippen LogP contribution is -2.17. The van der Waals surface area contributed by atoms with Crippen molar-refractivity contribution in [3.8, 4) is 5.75 Å². The minimum absolute atomic E-state index is 0.215. The van der Waals surface area contributed by atoms with Crippen LogP contribution in [0.3, 0.4) is 0 Å². The molecule has 0 atom stereocenters. The fourth-order valence-electron chi connectivity index (χ4n) is 2.95. The van der Waals surface area contributed by atoms with Crippen molar-refractivity contribution in [3.05, 3.63) is 33.7 Å².